The molecule has 0 spiro atoms. The molecule has 0 fully saturated rings. The van der Waals surface area contributed by atoms with Crippen LogP contribution in [0.5, 0.6) is 0 Å². The zero-order valence-electron chi connectivity index (χ0n) is 15.3. The first kappa shape index (κ1) is 23.4. The molecule has 5 nitrogen and oxygen atoms in total. The summed E-state index contributed by atoms with van der Waals surface area (Å²) in [4.78, 5) is 23.4. The number of halogens is 1. The average molecular weight is 370 g/mol. The van der Waals surface area contributed by atoms with E-state index in [0.717, 1.165) is 12.8 Å². The first-order valence-electron chi connectivity index (χ1n) is 9.24. The number of hydrogen-bond donors (Lipinski definition) is 2. The summed E-state index contributed by atoms with van der Waals surface area (Å²) in [6.07, 6.45) is 15.1. The monoisotopic (exact) mass is 369 g/mol. The van der Waals surface area contributed by atoms with Crippen molar-refractivity contribution in [1.29, 1.82) is 0 Å². The Morgan fingerprint density at radius 2 is 1.28 bits per heavy atom. The van der Waals surface area contributed by atoms with Gasteiger partial charge in [-0.15, -0.1) is 0 Å². The van der Waals surface area contributed by atoms with Crippen molar-refractivity contribution in [3.8, 4) is 0 Å². The SMILES string of the molecule is CCCCCCCCCCCC(=O)NNC(=O)C[n+]1ccccc1.[Cl-]. The molecule has 2 N–H and O–H groups in total. The number of hydrogen-bond acceptors (Lipinski definition) is 2. The van der Waals surface area contributed by atoms with Gasteiger partial charge in [-0.05, 0) is 6.42 Å². The van der Waals surface area contributed by atoms with Gasteiger partial charge in [0.15, 0.2) is 12.4 Å². The topological polar surface area (TPSA) is 62.1 Å². The van der Waals surface area contributed by atoms with E-state index in [2.05, 4.69) is 17.8 Å². The molecule has 0 bridgehead atoms. The molecule has 1 aromatic heterocycles. The Hall–Kier alpha value is -1.62. The average Bonchev–Trinajstić information content (AvgIpc) is 2.59. The van der Waals surface area contributed by atoms with Gasteiger partial charge in [0.2, 0.25) is 12.5 Å². The summed E-state index contributed by atoms with van der Waals surface area (Å²) in [5.74, 6) is -0.351. The van der Waals surface area contributed by atoms with Crippen molar-refractivity contribution in [3.63, 3.8) is 0 Å². The van der Waals surface area contributed by atoms with Crippen molar-refractivity contribution in [2.75, 3.05) is 0 Å². The number of aromatic nitrogens is 1. The normalized spacial score (nSPS) is 9.96. The van der Waals surface area contributed by atoms with Crippen LogP contribution >= 0.6 is 0 Å². The molecule has 0 aliphatic carbocycles. The number of hydrazine groups is 1. The van der Waals surface area contributed by atoms with E-state index in [4.69, 9.17) is 0 Å². The van der Waals surface area contributed by atoms with Gasteiger partial charge in [-0.3, -0.25) is 20.4 Å². The molecule has 2 amide bonds. The number of rotatable bonds is 12. The summed E-state index contributed by atoms with van der Waals surface area (Å²) in [6, 6.07) is 5.60. The predicted octanol–water partition coefficient (Wildman–Crippen LogP) is 0.0464. The van der Waals surface area contributed by atoms with Crippen molar-refractivity contribution in [1.82, 2.24) is 10.9 Å². The highest BCUT2D eigenvalue weighted by Gasteiger charge is 2.09. The molecule has 0 aliphatic heterocycles. The minimum atomic E-state index is -0.230. The lowest BCUT2D eigenvalue weighted by atomic mass is 10.1. The zero-order valence-corrected chi connectivity index (χ0v) is 16.1. The molecular formula is C19H32ClN3O2. The number of nitrogens with zero attached hydrogens (tertiary/aromatic N) is 1. The molecule has 0 saturated heterocycles. The molecule has 0 aliphatic rings. The van der Waals surface area contributed by atoms with Crippen LogP contribution in [0.15, 0.2) is 30.6 Å². The molecule has 0 saturated carbocycles. The largest absolute Gasteiger partial charge is 1.00 e. The van der Waals surface area contributed by atoms with Crippen molar-refractivity contribution >= 4 is 11.8 Å². The third-order valence-corrected chi connectivity index (χ3v) is 3.95. The maximum absolute atomic E-state index is 11.7. The third-order valence-electron chi connectivity index (χ3n) is 3.95. The fraction of sp³-hybridized carbons (Fsp3) is 0.632. The highest BCUT2D eigenvalue weighted by molar-refractivity contribution is 5.81. The Morgan fingerprint density at radius 3 is 1.88 bits per heavy atom. The molecule has 1 aromatic rings. The maximum Gasteiger partial charge on any atom is 0.304 e. The summed E-state index contributed by atoms with van der Waals surface area (Å²) in [5.41, 5.74) is 4.93. The standard InChI is InChI=1S/C19H31N3O2.ClH/c1-2-3-4-5-6-7-8-9-11-14-18(23)20-21-19(24)17-22-15-12-10-13-16-22;/h10,12-13,15-16H,2-9,11,14,17H2,1H3,(H-,20,21,23,24);1H. The lowest BCUT2D eigenvalue weighted by Gasteiger charge is -2.06. The van der Waals surface area contributed by atoms with Gasteiger partial charge in [0, 0.05) is 18.6 Å². The minimum Gasteiger partial charge on any atom is -1.00 e. The van der Waals surface area contributed by atoms with Gasteiger partial charge < -0.3 is 12.4 Å². The Morgan fingerprint density at radius 1 is 0.760 bits per heavy atom. The van der Waals surface area contributed by atoms with Crippen LogP contribution in [0.4, 0.5) is 0 Å². The minimum absolute atomic E-state index is 0. The lowest BCUT2D eigenvalue weighted by molar-refractivity contribution is -0.684. The summed E-state index contributed by atoms with van der Waals surface area (Å²) >= 11 is 0. The van der Waals surface area contributed by atoms with Gasteiger partial charge in [-0.25, -0.2) is 0 Å². The number of unbranched alkanes of at least 4 members (excludes halogenated alkanes) is 8. The van der Waals surface area contributed by atoms with Gasteiger partial charge in [-0.1, -0.05) is 64.4 Å². The molecule has 0 aromatic carbocycles. The molecule has 1 heterocycles. The van der Waals surface area contributed by atoms with Crippen LogP contribution in [0, 0.1) is 0 Å². The van der Waals surface area contributed by atoms with Gasteiger partial charge in [0.1, 0.15) is 0 Å². The summed E-state index contributed by atoms with van der Waals surface area (Å²) in [7, 11) is 0. The van der Waals surface area contributed by atoms with Crippen molar-refractivity contribution in [2.24, 2.45) is 0 Å². The summed E-state index contributed by atoms with van der Waals surface area (Å²) in [6.45, 7) is 2.42. The number of carbonyl (C=O) groups excluding carboxylic acids is 2. The van der Waals surface area contributed by atoms with Gasteiger partial charge in [0.25, 0.3) is 0 Å². The van der Waals surface area contributed by atoms with Gasteiger partial charge >= 0.3 is 5.91 Å². The molecule has 0 atom stereocenters. The first-order chi connectivity index (χ1) is 11.7. The smallest absolute Gasteiger partial charge is 0.304 e. The molecule has 25 heavy (non-hydrogen) atoms. The highest BCUT2D eigenvalue weighted by atomic mass is 35.5. The van der Waals surface area contributed by atoms with Crippen LogP contribution in [-0.4, -0.2) is 11.8 Å². The molecule has 0 unspecified atom stereocenters. The second kappa shape index (κ2) is 15.9. The fourth-order valence-corrected chi connectivity index (χ4v) is 2.54. The molecule has 0 radical (unpaired) electrons. The third kappa shape index (κ3) is 13.4. The Labute approximate surface area is 158 Å². The van der Waals surface area contributed by atoms with Crippen molar-refractivity contribution < 1.29 is 26.6 Å². The van der Waals surface area contributed by atoms with Crippen LogP contribution < -0.4 is 27.8 Å². The van der Waals surface area contributed by atoms with Crippen LogP contribution in [0.3, 0.4) is 0 Å². The van der Waals surface area contributed by atoms with E-state index < -0.39 is 0 Å². The lowest BCUT2D eigenvalue weighted by Crippen LogP contribution is -3.00. The van der Waals surface area contributed by atoms with E-state index in [1.54, 1.807) is 4.57 Å². The van der Waals surface area contributed by atoms with Gasteiger partial charge in [-0.2, -0.15) is 4.57 Å². The van der Waals surface area contributed by atoms with Crippen LogP contribution in [0.25, 0.3) is 0 Å². The predicted molar refractivity (Wildman–Crippen MR) is 94.8 cm³/mol. The Kier molecular flexibility index (Phi) is 14.9. The zero-order chi connectivity index (χ0) is 17.5. The Bertz CT molecular complexity index is 469. The molecular weight excluding hydrogens is 338 g/mol. The number of nitrogens with one attached hydrogen (secondary N) is 2. The van der Waals surface area contributed by atoms with Crippen molar-refractivity contribution in [2.45, 2.75) is 77.7 Å². The fourth-order valence-electron chi connectivity index (χ4n) is 2.54. The molecule has 1 rings (SSSR count). The van der Waals surface area contributed by atoms with Gasteiger partial charge in [0.05, 0.1) is 0 Å². The van der Waals surface area contributed by atoms with Crippen molar-refractivity contribution in [3.05, 3.63) is 30.6 Å². The molecule has 6 heteroatoms. The quantitative estimate of drug-likeness (QED) is 0.310. The van der Waals surface area contributed by atoms with E-state index in [1.165, 1.54) is 44.9 Å². The molecule has 142 valence electrons. The van der Waals surface area contributed by atoms with Crippen LogP contribution in [0.2, 0.25) is 0 Å². The van der Waals surface area contributed by atoms with E-state index in [1.807, 2.05) is 30.6 Å². The summed E-state index contributed by atoms with van der Waals surface area (Å²) in [5, 5.41) is 0. The number of pyridine rings is 1. The first-order valence-corrected chi connectivity index (χ1v) is 9.24. The highest BCUT2D eigenvalue weighted by Crippen LogP contribution is 2.10. The number of amides is 2. The Balaban J connectivity index is 0.00000576. The maximum atomic E-state index is 11.7. The van der Waals surface area contributed by atoms with E-state index in [0.29, 0.717) is 6.42 Å². The summed E-state index contributed by atoms with van der Waals surface area (Å²) < 4.78 is 1.75. The van der Waals surface area contributed by atoms with E-state index in [-0.39, 0.29) is 30.8 Å². The van der Waals surface area contributed by atoms with E-state index in [9.17, 15) is 9.59 Å². The second-order valence-electron chi connectivity index (χ2n) is 6.22. The second-order valence-corrected chi connectivity index (χ2v) is 6.22. The van der Waals surface area contributed by atoms with Crippen LogP contribution in [0.1, 0.15) is 71.1 Å². The van der Waals surface area contributed by atoms with Crippen LogP contribution in [-0.2, 0) is 16.1 Å². The van der Waals surface area contributed by atoms with E-state index >= 15 is 0 Å². The number of carbonyl (C=O) groups is 2.